The first-order valence-electron chi connectivity index (χ1n) is 11.2. The lowest BCUT2D eigenvalue weighted by Crippen LogP contribution is -2.22. The van der Waals surface area contributed by atoms with Crippen molar-refractivity contribution >= 4 is 27.2 Å². The van der Waals surface area contributed by atoms with Crippen molar-refractivity contribution in [1.29, 1.82) is 0 Å². The highest BCUT2D eigenvalue weighted by atomic mass is 16.5. The molecule has 0 aliphatic rings. The minimum absolute atomic E-state index is 0.569. The molecule has 0 saturated heterocycles. The molecule has 0 radical (unpaired) electrons. The van der Waals surface area contributed by atoms with E-state index < -0.39 is 0 Å². The summed E-state index contributed by atoms with van der Waals surface area (Å²) in [5.74, 6) is 3.46. The van der Waals surface area contributed by atoms with Gasteiger partial charge in [-0.2, -0.15) is 0 Å². The molecule has 0 atom stereocenters. The zero-order valence-corrected chi connectivity index (χ0v) is 20.6. The Bertz CT molecular complexity index is 1300. The number of rotatable bonds is 9. The van der Waals surface area contributed by atoms with Gasteiger partial charge in [0.25, 0.3) is 0 Å². The molecule has 178 valence electrons. The molecular formula is C28H31NO5. The van der Waals surface area contributed by atoms with Crippen LogP contribution < -0.4 is 28.6 Å². The molecule has 0 aliphatic carbocycles. The van der Waals surface area contributed by atoms with Gasteiger partial charge in [-0.25, -0.2) is 0 Å². The van der Waals surface area contributed by atoms with E-state index in [1.54, 1.807) is 35.5 Å². The average molecular weight is 462 g/mol. The summed E-state index contributed by atoms with van der Waals surface area (Å²) in [7, 11) is 8.27. The van der Waals surface area contributed by atoms with Gasteiger partial charge in [-0.15, -0.1) is 0 Å². The molecule has 4 rings (SSSR count). The van der Waals surface area contributed by atoms with Crippen LogP contribution in [0.3, 0.4) is 0 Å². The van der Waals surface area contributed by atoms with Crippen molar-refractivity contribution in [3.8, 4) is 28.7 Å². The van der Waals surface area contributed by atoms with Crippen LogP contribution in [0, 0.1) is 0 Å². The summed E-state index contributed by atoms with van der Waals surface area (Å²) >= 11 is 0. The topological polar surface area (TPSA) is 49.4 Å². The van der Waals surface area contributed by atoms with Crippen molar-refractivity contribution in [2.24, 2.45) is 0 Å². The quantitative estimate of drug-likeness (QED) is 0.282. The first kappa shape index (κ1) is 23.4. The number of hydrogen-bond donors (Lipinski definition) is 0. The number of nitrogens with zero attached hydrogens (tertiary/aromatic N) is 1. The minimum Gasteiger partial charge on any atom is -0.497 e. The highest BCUT2D eigenvalue weighted by molar-refractivity contribution is 6.17. The molecule has 0 heterocycles. The standard InChI is InChI=1S/C28H31NO5/c1-7-29(17-18-8-10-20(30-2)11-9-18)24-14-19-15-25(32-4)27(33-5)28(34-6)26(19)23-16-21(31-3)12-13-22(23)24/h8-16H,7,17H2,1-6H3. The molecule has 0 fully saturated rings. The molecule has 0 amide bonds. The van der Waals surface area contributed by atoms with E-state index in [0.29, 0.717) is 17.2 Å². The van der Waals surface area contributed by atoms with Crippen molar-refractivity contribution in [1.82, 2.24) is 0 Å². The Morgan fingerprint density at radius 1 is 0.647 bits per heavy atom. The van der Waals surface area contributed by atoms with Gasteiger partial charge in [0, 0.05) is 29.5 Å². The molecule has 34 heavy (non-hydrogen) atoms. The van der Waals surface area contributed by atoms with Gasteiger partial charge in [-0.1, -0.05) is 12.1 Å². The van der Waals surface area contributed by atoms with E-state index in [-0.39, 0.29) is 0 Å². The lowest BCUT2D eigenvalue weighted by Gasteiger charge is -2.27. The highest BCUT2D eigenvalue weighted by Crippen LogP contribution is 2.48. The SMILES string of the molecule is CCN(Cc1ccc(OC)cc1)c1cc2cc(OC)c(OC)c(OC)c2c2cc(OC)ccc12. The second-order valence-electron chi connectivity index (χ2n) is 7.91. The number of ether oxygens (including phenoxy) is 5. The molecule has 0 bridgehead atoms. The fraction of sp³-hybridized carbons (Fsp3) is 0.286. The van der Waals surface area contributed by atoms with E-state index >= 15 is 0 Å². The summed E-state index contributed by atoms with van der Waals surface area (Å²) in [6.45, 7) is 3.76. The summed E-state index contributed by atoms with van der Waals surface area (Å²) < 4.78 is 28.0. The lowest BCUT2D eigenvalue weighted by molar-refractivity contribution is 0.327. The van der Waals surface area contributed by atoms with Gasteiger partial charge in [0.1, 0.15) is 11.5 Å². The smallest absolute Gasteiger partial charge is 0.203 e. The van der Waals surface area contributed by atoms with Crippen LogP contribution in [-0.2, 0) is 6.54 Å². The van der Waals surface area contributed by atoms with E-state index in [2.05, 4.69) is 42.2 Å². The summed E-state index contributed by atoms with van der Waals surface area (Å²) in [4.78, 5) is 2.36. The Balaban J connectivity index is 1.98. The van der Waals surface area contributed by atoms with E-state index in [1.165, 1.54) is 5.56 Å². The van der Waals surface area contributed by atoms with E-state index in [1.807, 2.05) is 24.3 Å². The molecular weight excluding hydrogens is 430 g/mol. The molecule has 0 aromatic heterocycles. The van der Waals surface area contributed by atoms with Gasteiger partial charge in [-0.3, -0.25) is 0 Å². The Hall–Kier alpha value is -3.80. The Labute approximate surface area is 200 Å². The Morgan fingerprint density at radius 3 is 1.91 bits per heavy atom. The van der Waals surface area contributed by atoms with E-state index in [9.17, 15) is 0 Å². The molecule has 6 heteroatoms. The number of methoxy groups -OCH3 is 5. The fourth-order valence-corrected chi connectivity index (χ4v) is 4.45. The summed E-state index contributed by atoms with van der Waals surface area (Å²) in [5, 5.41) is 4.09. The molecule has 0 N–H and O–H groups in total. The third-order valence-electron chi connectivity index (χ3n) is 6.18. The second-order valence-corrected chi connectivity index (χ2v) is 7.91. The van der Waals surface area contributed by atoms with Crippen LogP contribution in [0.25, 0.3) is 21.5 Å². The summed E-state index contributed by atoms with van der Waals surface area (Å²) in [6.07, 6.45) is 0. The normalized spacial score (nSPS) is 10.9. The van der Waals surface area contributed by atoms with Crippen LogP contribution in [0.2, 0.25) is 0 Å². The van der Waals surface area contributed by atoms with Gasteiger partial charge in [0.2, 0.25) is 5.75 Å². The van der Waals surface area contributed by atoms with Crippen molar-refractivity contribution in [2.75, 3.05) is 47.0 Å². The minimum atomic E-state index is 0.569. The van der Waals surface area contributed by atoms with Crippen LogP contribution in [0.1, 0.15) is 12.5 Å². The van der Waals surface area contributed by atoms with Gasteiger partial charge < -0.3 is 28.6 Å². The summed E-state index contributed by atoms with van der Waals surface area (Å²) in [5.41, 5.74) is 2.33. The number of fused-ring (bicyclic) bond motifs is 3. The van der Waals surface area contributed by atoms with Crippen LogP contribution in [0.15, 0.2) is 54.6 Å². The average Bonchev–Trinajstić information content (AvgIpc) is 2.89. The van der Waals surface area contributed by atoms with Gasteiger partial charge in [0.05, 0.1) is 35.5 Å². The number of anilines is 1. The van der Waals surface area contributed by atoms with Crippen molar-refractivity contribution in [3.63, 3.8) is 0 Å². The Kier molecular flexibility index (Phi) is 6.87. The first-order chi connectivity index (χ1) is 16.6. The monoisotopic (exact) mass is 461 g/mol. The van der Waals surface area contributed by atoms with Crippen molar-refractivity contribution in [3.05, 3.63) is 60.2 Å². The zero-order valence-electron chi connectivity index (χ0n) is 20.6. The van der Waals surface area contributed by atoms with Crippen molar-refractivity contribution in [2.45, 2.75) is 13.5 Å². The zero-order chi connectivity index (χ0) is 24.2. The predicted octanol–water partition coefficient (Wildman–Crippen LogP) is 6.06. The van der Waals surface area contributed by atoms with Crippen LogP contribution in [-0.4, -0.2) is 42.1 Å². The molecule has 0 saturated carbocycles. The maximum atomic E-state index is 5.85. The Morgan fingerprint density at radius 2 is 1.32 bits per heavy atom. The maximum absolute atomic E-state index is 5.85. The number of hydrogen-bond acceptors (Lipinski definition) is 6. The fourth-order valence-electron chi connectivity index (χ4n) is 4.45. The predicted molar refractivity (Wildman–Crippen MR) is 137 cm³/mol. The van der Waals surface area contributed by atoms with Crippen LogP contribution in [0.5, 0.6) is 28.7 Å². The number of benzene rings is 4. The lowest BCUT2D eigenvalue weighted by atomic mass is 9.97. The maximum Gasteiger partial charge on any atom is 0.203 e. The van der Waals surface area contributed by atoms with E-state index in [0.717, 1.165) is 51.8 Å². The molecule has 6 nitrogen and oxygen atoms in total. The highest BCUT2D eigenvalue weighted by Gasteiger charge is 2.21. The molecule has 4 aromatic carbocycles. The third-order valence-corrected chi connectivity index (χ3v) is 6.18. The summed E-state index contributed by atoms with van der Waals surface area (Å²) in [6, 6.07) is 18.5. The third kappa shape index (κ3) is 4.12. The van der Waals surface area contributed by atoms with Crippen molar-refractivity contribution < 1.29 is 23.7 Å². The molecule has 0 aliphatic heterocycles. The molecule has 4 aromatic rings. The first-order valence-corrected chi connectivity index (χ1v) is 11.2. The van der Waals surface area contributed by atoms with Crippen LogP contribution >= 0.6 is 0 Å². The van der Waals surface area contributed by atoms with Crippen LogP contribution in [0.4, 0.5) is 5.69 Å². The van der Waals surface area contributed by atoms with Gasteiger partial charge in [0.15, 0.2) is 11.5 Å². The van der Waals surface area contributed by atoms with E-state index in [4.69, 9.17) is 23.7 Å². The van der Waals surface area contributed by atoms with Gasteiger partial charge >= 0.3 is 0 Å². The largest absolute Gasteiger partial charge is 0.497 e. The second kappa shape index (κ2) is 10.00. The molecule has 0 spiro atoms. The molecule has 0 unspecified atom stereocenters. The van der Waals surface area contributed by atoms with Gasteiger partial charge in [-0.05, 0) is 65.7 Å².